The molecule has 3 rings (SSSR count). The van der Waals surface area contributed by atoms with Crippen LogP contribution in [0.1, 0.15) is 49.3 Å². The number of esters is 1. The molecule has 9 heteroatoms. The molecule has 1 aromatic heterocycles. The molecular formula is C29H32Cl2N4O3. The summed E-state index contributed by atoms with van der Waals surface area (Å²) in [5.74, 6) is 5.57. The summed E-state index contributed by atoms with van der Waals surface area (Å²) in [4.78, 5) is 26.5. The number of ether oxygens (including phenoxy) is 1. The number of nitrogens with zero attached hydrogens (tertiary/aromatic N) is 3. The Morgan fingerprint density at radius 1 is 1.13 bits per heavy atom. The zero-order chi connectivity index (χ0) is 28.0. The van der Waals surface area contributed by atoms with E-state index >= 15 is 0 Å². The summed E-state index contributed by atoms with van der Waals surface area (Å²) < 4.78 is 6.64. The van der Waals surface area contributed by atoms with E-state index in [4.69, 9.17) is 27.9 Å². The predicted octanol–water partition coefficient (Wildman–Crippen LogP) is 5.53. The van der Waals surface area contributed by atoms with E-state index < -0.39 is 5.54 Å². The lowest BCUT2D eigenvalue weighted by atomic mass is 10.0. The standard InChI is InChI=1S/C29H32Cl2N4O3/c1-7-38-25(36)18-34(6)16-8-9-20-10-15-24(23(31)17-20)35-27(21-11-13-22(30)14-12-21)19(2)26(33-35)28(37)32-29(3,4)5/h10-15,17H,7,16,18H2,1-6H3,(H,32,37). The first kappa shape index (κ1) is 29.2. The summed E-state index contributed by atoms with van der Waals surface area (Å²) in [5, 5.41) is 8.70. The second-order valence-corrected chi connectivity index (χ2v) is 10.7. The molecule has 0 saturated heterocycles. The molecule has 1 N–H and O–H groups in total. The van der Waals surface area contributed by atoms with Crippen molar-refractivity contribution >= 4 is 35.1 Å². The normalized spacial score (nSPS) is 11.2. The first-order valence-electron chi connectivity index (χ1n) is 12.2. The highest BCUT2D eigenvalue weighted by molar-refractivity contribution is 6.32. The molecule has 0 radical (unpaired) electrons. The smallest absolute Gasteiger partial charge is 0.320 e. The number of carbonyl (C=O) groups excluding carboxylic acids is 2. The van der Waals surface area contributed by atoms with Crippen molar-refractivity contribution in [1.82, 2.24) is 20.0 Å². The summed E-state index contributed by atoms with van der Waals surface area (Å²) in [5.41, 5.74) is 3.52. The first-order valence-corrected chi connectivity index (χ1v) is 13.0. The van der Waals surface area contributed by atoms with Crippen LogP contribution in [0.25, 0.3) is 16.9 Å². The van der Waals surface area contributed by atoms with Crippen LogP contribution < -0.4 is 5.32 Å². The van der Waals surface area contributed by atoms with Gasteiger partial charge in [-0.1, -0.05) is 47.2 Å². The Hall–Kier alpha value is -3.31. The van der Waals surface area contributed by atoms with E-state index in [-0.39, 0.29) is 18.4 Å². The molecule has 1 amide bonds. The van der Waals surface area contributed by atoms with E-state index in [2.05, 4.69) is 22.3 Å². The molecule has 1 heterocycles. The van der Waals surface area contributed by atoms with Gasteiger partial charge < -0.3 is 10.1 Å². The Bertz CT molecular complexity index is 1380. The van der Waals surface area contributed by atoms with Crippen LogP contribution in [-0.4, -0.2) is 58.8 Å². The lowest BCUT2D eigenvalue weighted by molar-refractivity contribution is -0.143. The predicted molar refractivity (Wildman–Crippen MR) is 152 cm³/mol. The number of hydrogen-bond acceptors (Lipinski definition) is 5. The van der Waals surface area contributed by atoms with E-state index in [0.717, 1.165) is 16.8 Å². The minimum Gasteiger partial charge on any atom is -0.465 e. The van der Waals surface area contributed by atoms with E-state index in [1.807, 2.05) is 52.0 Å². The van der Waals surface area contributed by atoms with E-state index in [0.29, 0.717) is 40.1 Å². The van der Waals surface area contributed by atoms with Gasteiger partial charge in [0.2, 0.25) is 0 Å². The molecule has 0 bridgehead atoms. The lowest BCUT2D eigenvalue weighted by Crippen LogP contribution is -2.41. The van der Waals surface area contributed by atoms with Gasteiger partial charge in [0.15, 0.2) is 5.69 Å². The number of rotatable bonds is 7. The third kappa shape index (κ3) is 7.61. The van der Waals surface area contributed by atoms with Gasteiger partial charge in [-0.05, 0) is 72.0 Å². The zero-order valence-corrected chi connectivity index (χ0v) is 24.0. The van der Waals surface area contributed by atoms with Crippen molar-refractivity contribution in [3.05, 3.63) is 69.3 Å². The Kier molecular flexibility index (Phi) is 9.61. The number of nitrogens with one attached hydrogen (secondary N) is 1. The molecule has 0 aliphatic carbocycles. The molecule has 0 atom stereocenters. The molecule has 200 valence electrons. The van der Waals surface area contributed by atoms with Crippen LogP contribution >= 0.6 is 23.2 Å². The maximum atomic E-state index is 13.1. The van der Waals surface area contributed by atoms with Crippen molar-refractivity contribution < 1.29 is 14.3 Å². The summed E-state index contributed by atoms with van der Waals surface area (Å²) in [7, 11) is 1.80. The maximum absolute atomic E-state index is 13.1. The number of likely N-dealkylation sites (N-methyl/N-ethyl adjacent to an activating group) is 1. The Morgan fingerprint density at radius 3 is 2.42 bits per heavy atom. The fourth-order valence-corrected chi connectivity index (χ4v) is 4.13. The van der Waals surface area contributed by atoms with Gasteiger partial charge in [-0.3, -0.25) is 14.5 Å². The van der Waals surface area contributed by atoms with Crippen molar-refractivity contribution in [2.45, 2.75) is 40.2 Å². The number of benzene rings is 2. The number of hydrogen-bond donors (Lipinski definition) is 1. The lowest BCUT2D eigenvalue weighted by Gasteiger charge is -2.19. The van der Waals surface area contributed by atoms with Gasteiger partial charge in [-0.15, -0.1) is 0 Å². The number of aromatic nitrogens is 2. The fraction of sp³-hybridized carbons (Fsp3) is 0.345. The molecule has 0 aliphatic rings. The number of carbonyl (C=O) groups is 2. The van der Waals surface area contributed by atoms with Crippen molar-refractivity contribution in [2.75, 3.05) is 26.7 Å². The zero-order valence-electron chi connectivity index (χ0n) is 22.5. The average Bonchev–Trinajstić information content (AvgIpc) is 3.15. The van der Waals surface area contributed by atoms with Gasteiger partial charge in [0, 0.05) is 27.3 Å². The summed E-state index contributed by atoms with van der Waals surface area (Å²) in [6.07, 6.45) is 0. The van der Waals surface area contributed by atoms with E-state index in [1.165, 1.54) is 0 Å². The van der Waals surface area contributed by atoms with Crippen LogP contribution in [0.15, 0.2) is 42.5 Å². The molecule has 2 aromatic carbocycles. The fourth-order valence-electron chi connectivity index (χ4n) is 3.75. The maximum Gasteiger partial charge on any atom is 0.320 e. The van der Waals surface area contributed by atoms with E-state index in [1.54, 1.807) is 41.8 Å². The number of amides is 1. The molecule has 7 nitrogen and oxygen atoms in total. The third-order valence-corrected chi connectivity index (χ3v) is 5.96. The Morgan fingerprint density at radius 2 is 1.82 bits per heavy atom. The summed E-state index contributed by atoms with van der Waals surface area (Å²) in [6, 6.07) is 12.8. The van der Waals surface area contributed by atoms with Crippen LogP contribution in [0, 0.1) is 18.8 Å². The van der Waals surface area contributed by atoms with Crippen LogP contribution in [0.3, 0.4) is 0 Å². The average molecular weight is 556 g/mol. The Labute approximate surface area is 234 Å². The molecule has 3 aromatic rings. The SMILES string of the molecule is CCOC(=O)CN(C)CC#Cc1ccc(-n2nc(C(=O)NC(C)(C)C)c(C)c2-c2ccc(Cl)cc2)c(Cl)c1. The van der Waals surface area contributed by atoms with E-state index in [9.17, 15) is 9.59 Å². The van der Waals surface area contributed by atoms with Crippen molar-refractivity contribution in [1.29, 1.82) is 0 Å². The van der Waals surface area contributed by atoms with Crippen LogP contribution in [0.5, 0.6) is 0 Å². The Balaban J connectivity index is 1.96. The molecule has 38 heavy (non-hydrogen) atoms. The van der Waals surface area contributed by atoms with Crippen LogP contribution in [0.4, 0.5) is 0 Å². The van der Waals surface area contributed by atoms with Crippen LogP contribution in [0.2, 0.25) is 10.0 Å². The van der Waals surface area contributed by atoms with Gasteiger partial charge in [0.25, 0.3) is 5.91 Å². The number of halogens is 2. The second-order valence-electron chi connectivity index (χ2n) is 9.89. The molecular weight excluding hydrogens is 523 g/mol. The van der Waals surface area contributed by atoms with Crippen molar-refractivity contribution in [3.63, 3.8) is 0 Å². The van der Waals surface area contributed by atoms with Gasteiger partial charge in [-0.25, -0.2) is 4.68 Å². The summed E-state index contributed by atoms with van der Waals surface area (Å²) in [6.45, 7) is 10.3. The summed E-state index contributed by atoms with van der Waals surface area (Å²) >= 11 is 12.8. The molecule has 0 unspecified atom stereocenters. The van der Waals surface area contributed by atoms with Crippen molar-refractivity contribution in [3.8, 4) is 28.8 Å². The highest BCUT2D eigenvalue weighted by atomic mass is 35.5. The van der Waals surface area contributed by atoms with Gasteiger partial charge >= 0.3 is 5.97 Å². The van der Waals surface area contributed by atoms with Gasteiger partial charge in [0.05, 0.1) is 36.1 Å². The highest BCUT2D eigenvalue weighted by Gasteiger charge is 2.25. The second kappa shape index (κ2) is 12.5. The van der Waals surface area contributed by atoms with Gasteiger partial charge in [-0.2, -0.15) is 5.10 Å². The highest BCUT2D eigenvalue weighted by Crippen LogP contribution is 2.32. The monoisotopic (exact) mass is 554 g/mol. The first-order chi connectivity index (χ1) is 17.9. The molecule has 0 saturated carbocycles. The minimum absolute atomic E-state index is 0.166. The largest absolute Gasteiger partial charge is 0.465 e. The third-order valence-electron chi connectivity index (χ3n) is 5.41. The minimum atomic E-state index is -0.421. The van der Waals surface area contributed by atoms with Crippen molar-refractivity contribution in [2.24, 2.45) is 0 Å². The molecule has 0 fully saturated rings. The quantitative estimate of drug-likeness (QED) is 0.307. The molecule has 0 spiro atoms. The topological polar surface area (TPSA) is 76.5 Å². The van der Waals surface area contributed by atoms with Crippen LogP contribution in [-0.2, 0) is 9.53 Å². The molecule has 0 aliphatic heterocycles. The van der Waals surface area contributed by atoms with Gasteiger partial charge in [0.1, 0.15) is 0 Å².